The van der Waals surface area contributed by atoms with Crippen LogP contribution in [0, 0.1) is 13.8 Å². The number of pyridine rings is 1. The number of aryl methyl sites for hydroxylation is 1. The van der Waals surface area contributed by atoms with E-state index in [4.69, 9.17) is 11.6 Å². The summed E-state index contributed by atoms with van der Waals surface area (Å²) in [6.45, 7) is 4.13. The largest absolute Gasteiger partial charge is 0.325 e. The second kappa shape index (κ2) is 8.60. The molecule has 0 aliphatic heterocycles. The van der Waals surface area contributed by atoms with Crippen LogP contribution in [0.1, 0.15) is 11.1 Å². The standard InChI is InChI=1S/C18H21ClN4O2/c1-12-5-4-6-15(13(12)2)21-17(24)10-23(3)11-18(25)22-16-8-7-14(19)9-20-16/h4-9H,10-11H2,1-3H3,(H,21,24)(H,20,22,25). The van der Waals surface area contributed by atoms with Gasteiger partial charge in [0, 0.05) is 11.9 Å². The molecule has 0 aliphatic rings. The number of halogens is 1. The maximum absolute atomic E-state index is 12.2. The molecule has 1 aromatic heterocycles. The van der Waals surface area contributed by atoms with Crippen LogP contribution in [0.5, 0.6) is 0 Å². The molecule has 0 aliphatic carbocycles. The minimum absolute atomic E-state index is 0.0739. The SMILES string of the molecule is Cc1cccc(NC(=O)CN(C)CC(=O)Nc2ccc(Cl)cn2)c1C. The second-order valence-corrected chi connectivity index (χ2v) is 6.31. The van der Waals surface area contributed by atoms with Crippen LogP contribution in [0.4, 0.5) is 11.5 Å². The third-order valence-corrected chi connectivity index (χ3v) is 3.92. The molecule has 0 spiro atoms. The van der Waals surface area contributed by atoms with Crippen LogP contribution in [0.2, 0.25) is 5.02 Å². The quantitative estimate of drug-likeness (QED) is 0.830. The lowest BCUT2D eigenvalue weighted by molar-refractivity contribution is -0.119. The van der Waals surface area contributed by atoms with Gasteiger partial charge in [-0.2, -0.15) is 0 Å². The predicted molar refractivity (Wildman–Crippen MR) is 99.9 cm³/mol. The van der Waals surface area contributed by atoms with Crippen molar-refractivity contribution in [1.29, 1.82) is 0 Å². The number of benzene rings is 1. The topological polar surface area (TPSA) is 74.3 Å². The van der Waals surface area contributed by atoms with E-state index in [0.717, 1.165) is 16.8 Å². The molecule has 7 heteroatoms. The Kier molecular flexibility index (Phi) is 6.50. The first-order chi connectivity index (χ1) is 11.8. The molecular weight excluding hydrogens is 340 g/mol. The van der Waals surface area contributed by atoms with E-state index in [-0.39, 0.29) is 24.9 Å². The molecule has 1 aromatic carbocycles. The number of nitrogens with zero attached hydrogens (tertiary/aromatic N) is 2. The van der Waals surface area contributed by atoms with E-state index in [9.17, 15) is 9.59 Å². The molecule has 2 rings (SSSR count). The van der Waals surface area contributed by atoms with Gasteiger partial charge in [-0.3, -0.25) is 14.5 Å². The van der Waals surface area contributed by atoms with Gasteiger partial charge in [0.2, 0.25) is 11.8 Å². The summed E-state index contributed by atoms with van der Waals surface area (Å²) in [5.41, 5.74) is 2.93. The Labute approximate surface area is 152 Å². The first-order valence-corrected chi connectivity index (χ1v) is 8.19. The highest BCUT2D eigenvalue weighted by Crippen LogP contribution is 2.17. The van der Waals surface area contributed by atoms with Gasteiger partial charge >= 0.3 is 0 Å². The molecular formula is C18H21ClN4O2. The monoisotopic (exact) mass is 360 g/mol. The third-order valence-electron chi connectivity index (χ3n) is 3.70. The molecule has 0 atom stereocenters. The fraction of sp³-hybridized carbons (Fsp3) is 0.278. The van der Waals surface area contributed by atoms with Crippen molar-refractivity contribution in [1.82, 2.24) is 9.88 Å². The molecule has 0 radical (unpaired) electrons. The molecule has 0 bridgehead atoms. The van der Waals surface area contributed by atoms with E-state index >= 15 is 0 Å². The number of nitrogens with one attached hydrogen (secondary N) is 2. The van der Waals surface area contributed by atoms with Crippen LogP contribution in [-0.4, -0.2) is 41.8 Å². The number of likely N-dealkylation sites (N-methyl/N-ethyl adjacent to an activating group) is 1. The summed E-state index contributed by atoms with van der Waals surface area (Å²) in [5, 5.41) is 6.03. The molecule has 132 valence electrons. The van der Waals surface area contributed by atoms with Gasteiger partial charge in [0.25, 0.3) is 0 Å². The Balaban J connectivity index is 1.83. The number of amides is 2. The van der Waals surface area contributed by atoms with Crippen LogP contribution in [0.15, 0.2) is 36.5 Å². The summed E-state index contributed by atoms with van der Waals surface area (Å²) in [6, 6.07) is 9.01. The van der Waals surface area contributed by atoms with Gasteiger partial charge < -0.3 is 10.6 Å². The van der Waals surface area contributed by atoms with Gasteiger partial charge in [0.1, 0.15) is 5.82 Å². The van der Waals surface area contributed by atoms with Crippen molar-refractivity contribution in [3.63, 3.8) is 0 Å². The molecule has 25 heavy (non-hydrogen) atoms. The number of carbonyl (C=O) groups is 2. The highest BCUT2D eigenvalue weighted by molar-refractivity contribution is 6.30. The van der Waals surface area contributed by atoms with E-state index in [1.165, 1.54) is 6.20 Å². The van der Waals surface area contributed by atoms with Gasteiger partial charge in [-0.15, -0.1) is 0 Å². The van der Waals surface area contributed by atoms with E-state index in [1.807, 2.05) is 32.0 Å². The number of anilines is 2. The minimum atomic E-state index is -0.253. The molecule has 2 N–H and O–H groups in total. The van der Waals surface area contributed by atoms with Crippen LogP contribution < -0.4 is 10.6 Å². The Hall–Kier alpha value is -2.44. The van der Waals surface area contributed by atoms with Crippen molar-refractivity contribution in [2.75, 3.05) is 30.8 Å². The van der Waals surface area contributed by atoms with Crippen molar-refractivity contribution in [3.8, 4) is 0 Å². The Morgan fingerprint density at radius 2 is 1.76 bits per heavy atom. The maximum atomic E-state index is 12.2. The molecule has 2 amide bonds. The molecule has 0 unspecified atom stereocenters. The summed E-state index contributed by atoms with van der Waals surface area (Å²) >= 11 is 5.75. The van der Waals surface area contributed by atoms with Crippen molar-refractivity contribution < 1.29 is 9.59 Å². The first kappa shape index (κ1) is 18.9. The van der Waals surface area contributed by atoms with Crippen molar-refractivity contribution >= 4 is 34.9 Å². The van der Waals surface area contributed by atoms with Crippen molar-refractivity contribution in [2.45, 2.75) is 13.8 Å². The average molecular weight is 361 g/mol. The summed E-state index contributed by atoms with van der Waals surface area (Å²) in [5.74, 6) is -0.00638. The number of hydrogen-bond acceptors (Lipinski definition) is 4. The van der Waals surface area contributed by atoms with Gasteiger partial charge in [0.05, 0.1) is 18.1 Å². The minimum Gasteiger partial charge on any atom is -0.325 e. The summed E-state index contributed by atoms with van der Waals surface area (Å²) in [7, 11) is 1.71. The van der Waals surface area contributed by atoms with E-state index in [0.29, 0.717) is 10.8 Å². The van der Waals surface area contributed by atoms with E-state index in [1.54, 1.807) is 24.1 Å². The normalized spacial score (nSPS) is 10.6. The predicted octanol–water partition coefficient (Wildman–Crippen LogP) is 2.86. The van der Waals surface area contributed by atoms with Gasteiger partial charge in [-0.05, 0) is 50.2 Å². The van der Waals surface area contributed by atoms with Gasteiger partial charge in [-0.1, -0.05) is 23.7 Å². The fourth-order valence-corrected chi connectivity index (χ4v) is 2.37. The highest BCUT2D eigenvalue weighted by atomic mass is 35.5. The molecule has 0 saturated carbocycles. The molecule has 1 heterocycles. The molecule has 0 fully saturated rings. The fourth-order valence-electron chi connectivity index (χ4n) is 2.25. The van der Waals surface area contributed by atoms with E-state index in [2.05, 4.69) is 15.6 Å². The zero-order valence-electron chi connectivity index (χ0n) is 14.5. The Morgan fingerprint density at radius 3 is 2.40 bits per heavy atom. The van der Waals surface area contributed by atoms with Crippen molar-refractivity contribution in [3.05, 3.63) is 52.7 Å². The maximum Gasteiger partial charge on any atom is 0.239 e. The van der Waals surface area contributed by atoms with Crippen LogP contribution in [-0.2, 0) is 9.59 Å². The van der Waals surface area contributed by atoms with Crippen LogP contribution in [0.25, 0.3) is 0 Å². The highest BCUT2D eigenvalue weighted by Gasteiger charge is 2.12. The average Bonchev–Trinajstić information content (AvgIpc) is 2.53. The zero-order chi connectivity index (χ0) is 18.4. The Bertz CT molecular complexity index is 762. The van der Waals surface area contributed by atoms with Gasteiger partial charge in [-0.25, -0.2) is 4.98 Å². The summed E-state index contributed by atoms with van der Waals surface area (Å²) < 4.78 is 0. The van der Waals surface area contributed by atoms with Crippen LogP contribution in [0.3, 0.4) is 0 Å². The Morgan fingerprint density at radius 1 is 1.08 bits per heavy atom. The number of rotatable bonds is 6. The summed E-state index contributed by atoms with van der Waals surface area (Å²) in [4.78, 5) is 29.8. The van der Waals surface area contributed by atoms with Crippen molar-refractivity contribution in [2.24, 2.45) is 0 Å². The van der Waals surface area contributed by atoms with Crippen LogP contribution >= 0.6 is 11.6 Å². The summed E-state index contributed by atoms with van der Waals surface area (Å²) in [6.07, 6.45) is 1.46. The number of aromatic nitrogens is 1. The molecule has 6 nitrogen and oxygen atoms in total. The number of carbonyl (C=O) groups excluding carboxylic acids is 2. The zero-order valence-corrected chi connectivity index (χ0v) is 15.2. The molecule has 2 aromatic rings. The lowest BCUT2D eigenvalue weighted by atomic mass is 10.1. The number of hydrogen-bond donors (Lipinski definition) is 2. The second-order valence-electron chi connectivity index (χ2n) is 5.88. The lowest BCUT2D eigenvalue weighted by Gasteiger charge is -2.17. The lowest BCUT2D eigenvalue weighted by Crippen LogP contribution is -2.36. The molecule has 0 saturated heterocycles. The van der Waals surface area contributed by atoms with Gasteiger partial charge in [0.15, 0.2) is 0 Å². The smallest absolute Gasteiger partial charge is 0.239 e. The third kappa shape index (κ3) is 5.85. The first-order valence-electron chi connectivity index (χ1n) is 7.81. The van der Waals surface area contributed by atoms with E-state index < -0.39 is 0 Å².